The standard InChI is InChI=1S/C15H23NO3/c1-5-18-15(17)10-19-14-7-6-12(4)8-13(14)9-16-11(2)3/h6-8,11,16H,5,9-10H2,1-4H3. The number of benzene rings is 1. The number of hydrogen-bond donors (Lipinski definition) is 1. The largest absolute Gasteiger partial charge is 0.482 e. The number of carbonyl (C=O) groups is 1. The van der Waals surface area contributed by atoms with Crippen LogP contribution in [0.15, 0.2) is 18.2 Å². The lowest BCUT2D eigenvalue weighted by Crippen LogP contribution is -2.22. The van der Waals surface area contributed by atoms with Crippen LogP contribution < -0.4 is 10.1 Å². The molecule has 4 nitrogen and oxygen atoms in total. The molecule has 0 spiro atoms. The molecule has 1 aromatic rings. The van der Waals surface area contributed by atoms with E-state index in [1.54, 1.807) is 6.92 Å². The van der Waals surface area contributed by atoms with Crippen molar-refractivity contribution in [1.82, 2.24) is 5.32 Å². The van der Waals surface area contributed by atoms with Gasteiger partial charge in [0.25, 0.3) is 0 Å². The van der Waals surface area contributed by atoms with Crippen molar-refractivity contribution in [3.8, 4) is 5.75 Å². The molecule has 0 saturated carbocycles. The molecule has 0 radical (unpaired) electrons. The maximum atomic E-state index is 11.3. The Morgan fingerprint density at radius 1 is 1.37 bits per heavy atom. The highest BCUT2D eigenvalue weighted by Crippen LogP contribution is 2.20. The van der Waals surface area contributed by atoms with Crippen LogP contribution in [0.2, 0.25) is 0 Å². The number of aryl methyl sites for hydroxylation is 1. The van der Waals surface area contributed by atoms with Crippen molar-refractivity contribution < 1.29 is 14.3 Å². The van der Waals surface area contributed by atoms with Crippen molar-refractivity contribution in [3.05, 3.63) is 29.3 Å². The lowest BCUT2D eigenvalue weighted by molar-refractivity contribution is -0.145. The topological polar surface area (TPSA) is 47.6 Å². The first-order valence-electron chi connectivity index (χ1n) is 6.64. The molecule has 1 rings (SSSR count). The zero-order chi connectivity index (χ0) is 14.3. The Morgan fingerprint density at radius 2 is 2.11 bits per heavy atom. The second-order valence-electron chi connectivity index (χ2n) is 4.74. The van der Waals surface area contributed by atoms with Crippen molar-refractivity contribution in [3.63, 3.8) is 0 Å². The molecule has 0 heterocycles. The maximum absolute atomic E-state index is 11.3. The van der Waals surface area contributed by atoms with Gasteiger partial charge in [-0.3, -0.25) is 0 Å². The Balaban J connectivity index is 2.67. The van der Waals surface area contributed by atoms with Crippen LogP contribution in [-0.4, -0.2) is 25.2 Å². The molecule has 4 heteroatoms. The van der Waals surface area contributed by atoms with E-state index in [0.29, 0.717) is 12.6 Å². The van der Waals surface area contributed by atoms with E-state index in [1.807, 2.05) is 19.1 Å². The van der Waals surface area contributed by atoms with E-state index < -0.39 is 0 Å². The molecule has 106 valence electrons. The van der Waals surface area contributed by atoms with Gasteiger partial charge >= 0.3 is 5.97 Å². The summed E-state index contributed by atoms with van der Waals surface area (Å²) in [6, 6.07) is 6.33. The van der Waals surface area contributed by atoms with E-state index >= 15 is 0 Å². The summed E-state index contributed by atoms with van der Waals surface area (Å²) in [6.45, 7) is 9.04. The number of hydrogen-bond acceptors (Lipinski definition) is 4. The van der Waals surface area contributed by atoms with Crippen LogP contribution in [0, 0.1) is 6.92 Å². The number of rotatable bonds is 7. The molecule has 0 fully saturated rings. The molecule has 1 N–H and O–H groups in total. The molecular formula is C15H23NO3. The third-order valence-electron chi connectivity index (χ3n) is 2.57. The van der Waals surface area contributed by atoms with Gasteiger partial charge in [-0.25, -0.2) is 4.79 Å². The van der Waals surface area contributed by atoms with E-state index in [9.17, 15) is 4.79 Å². The van der Waals surface area contributed by atoms with Gasteiger partial charge in [0.1, 0.15) is 5.75 Å². The van der Waals surface area contributed by atoms with Crippen molar-refractivity contribution >= 4 is 5.97 Å². The molecule has 0 aliphatic rings. The zero-order valence-electron chi connectivity index (χ0n) is 12.2. The minimum Gasteiger partial charge on any atom is -0.482 e. The monoisotopic (exact) mass is 265 g/mol. The number of ether oxygens (including phenoxy) is 2. The Labute approximate surface area is 115 Å². The average molecular weight is 265 g/mol. The second kappa shape index (κ2) is 7.79. The van der Waals surface area contributed by atoms with E-state index in [2.05, 4.69) is 25.2 Å². The molecular weight excluding hydrogens is 242 g/mol. The summed E-state index contributed by atoms with van der Waals surface area (Å²) < 4.78 is 10.4. The van der Waals surface area contributed by atoms with Crippen molar-refractivity contribution in [2.75, 3.05) is 13.2 Å². The Kier molecular flexibility index (Phi) is 6.36. The summed E-state index contributed by atoms with van der Waals surface area (Å²) >= 11 is 0. The Morgan fingerprint density at radius 3 is 2.74 bits per heavy atom. The van der Waals surface area contributed by atoms with E-state index in [-0.39, 0.29) is 12.6 Å². The Hall–Kier alpha value is -1.55. The number of esters is 1. The van der Waals surface area contributed by atoms with E-state index in [0.717, 1.165) is 17.9 Å². The fourth-order valence-electron chi connectivity index (χ4n) is 1.64. The van der Waals surface area contributed by atoms with Crippen LogP contribution in [0.1, 0.15) is 31.9 Å². The third-order valence-corrected chi connectivity index (χ3v) is 2.57. The minimum absolute atomic E-state index is 0.0500. The van der Waals surface area contributed by atoms with Gasteiger partial charge in [0, 0.05) is 18.2 Å². The van der Waals surface area contributed by atoms with Gasteiger partial charge in [-0.1, -0.05) is 31.5 Å². The first kappa shape index (κ1) is 15.5. The molecule has 1 aromatic carbocycles. The van der Waals surface area contributed by atoms with Crippen molar-refractivity contribution in [2.45, 2.75) is 40.3 Å². The molecule has 0 aromatic heterocycles. The lowest BCUT2D eigenvalue weighted by atomic mass is 10.1. The fraction of sp³-hybridized carbons (Fsp3) is 0.533. The quantitative estimate of drug-likeness (QED) is 0.769. The van der Waals surface area contributed by atoms with Gasteiger partial charge in [-0.2, -0.15) is 0 Å². The number of carbonyl (C=O) groups excluding carboxylic acids is 1. The van der Waals surface area contributed by atoms with Gasteiger partial charge < -0.3 is 14.8 Å². The highest BCUT2D eigenvalue weighted by Gasteiger charge is 2.08. The highest BCUT2D eigenvalue weighted by atomic mass is 16.6. The van der Waals surface area contributed by atoms with Gasteiger partial charge in [-0.15, -0.1) is 0 Å². The Bertz CT molecular complexity index is 416. The lowest BCUT2D eigenvalue weighted by Gasteiger charge is -2.14. The first-order valence-corrected chi connectivity index (χ1v) is 6.64. The normalized spacial score (nSPS) is 10.6. The van der Waals surface area contributed by atoms with Crippen LogP contribution in [0.25, 0.3) is 0 Å². The molecule has 0 aliphatic heterocycles. The molecule has 0 bridgehead atoms. The van der Waals surface area contributed by atoms with Gasteiger partial charge in [0.15, 0.2) is 6.61 Å². The smallest absolute Gasteiger partial charge is 0.344 e. The average Bonchev–Trinajstić information content (AvgIpc) is 2.35. The minimum atomic E-state index is -0.342. The van der Waals surface area contributed by atoms with Crippen LogP contribution in [0.5, 0.6) is 5.75 Å². The summed E-state index contributed by atoms with van der Waals surface area (Å²) in [6.07, 6.45) is 0. The molecule has 0 aliphatic carbocycles. The predicted molar refractivity (Wildman–Crippen MR) is 75.3 cm³/mol. The molecule has 0 unspecified atom stereocenters. The SMILES string of the molecule is CCOC(=O)COc1ccc(C)cc1CNC(C)C. The van der Waals surface area contributed by atoms with Gasteiger partial charge in [-0.05, 0) is 19.9 Å². The fourth-order valence-corrected chi connectivity index (χ4v) is 1.64. The molecule has 0 amide bonds. The van der Waals surface area contributed by atoms with Crippen LogP contribution >= 0.6 is 0 Å². The summed E-state index contributed by atoms with van der Waals surface area (Å²) in [5.41, 5.74) is 2.22. The summed E-state index contributed by atoms with van der Waals surface area (Å²) in [7, 11) is 0. The predicted octanol–water partition coefficient (Wildman–Crippen LogP) is 2.43. The summed E-state index contributed by atoms with van der Waals surface area (Å²) in [5.74, 6) is 0.387. The van der Waals surface area contributed by atoms with Gasteiger partial charge in [0.2, 0.25) is 0 Å². The van der Waals surface area contributed by atoms with Gasteiger partial charge in [0.05, 0.1) is 6.61 Å². The van der Waals surface area contributed by atoms with E-state index in [4.69, 9.17) is 9.47 Å². The second-order valence-corrected chi connectivity index (χ2v) is 4.74. The van der Waals surface area contributed by atoms with Crippen LogP contribution in [0.4, 0.5) is 0 Å². The molecule has 0 saturated heterocycles. The van der Waals surface area contributed by atoms with E-state index in [1.165, 1.54) is 5.56 Å². The molecule has 19 heavy (non-hydrogen) atoms. The zero-order valence-corrected chi connectivity index (χ0v) is 12.2. The summed E-state index contributed by atoms with van der Waals surface area (Å²) in [4.78, 5) is 11.3. The highest BCUT2D eigenvalue weighted by molar-refractivity contribution is 5.71. The van der Waals surface area contributed by atoms with Crippen LogP contribution in [-0.2, 0) is 16.1 Å². The maximum Gasteiger partial charge on any atom is 0.344 e. The third kappa shape index (κ3) is 5.75. The van der Waals surface area contributed by atoms with Crippen molar-refractivity contribution in [2.24, 2.45) is 0 Å². The van der Waals surface area contributed by atoms with Crippen LogP contribution in [0.3, 0.4) is 0 Å². The number of nitrogens with one attached hydrogen (secondary N) is 1. The summed E-state index contributed by atoms with van der Waals surface area (Å²) in [5, 5.41) is 3.35. The molecule has 0 atom stereocenters. The van der Waals surface area contributed by atoms with Crippen molar-refractivity contribution in [1.29, 1.82) is 0 Å². The first-order chi connectivity index (χ1) is 9.02.